The molecule has 0 radical (unpaired) electrons. The third kappa shape index (κ3) is 6.26. The van der Waals surface area contributed by atoms with Gasteiger partial charge in [-0.25, -0.2) is 0 Å². The molecule has 35 heavy (non-hydrogen) atoms. The van der Waals surface area contributed by atoms with Crippen molar-refractivity contribution in [1.29, 1.82) is 5.26 Å². The average molecular weight is 496 g/mol. The number of ketones is 1. The van der Waals surface area contributed by atoms with Crippen LogP contribution in [0.25, 0.3) is 0 Å². The van der Waals surface area contributed by atoms with Crippen LogP contribution in [0.2, 0.25) is 5.02 Å². The van der Waals surface area contributed by atoms with Gasteiger partial charge in [0, 0.05) is 31.1 Å². The first-order valence-electron chi connectivity index (χ1n) is 10.4. The van der Waals surface area contributed by atoms with Gasteiger partial charge in [-0.3, -0.25) is 14.4 Å². The molecule has 0 aliphatic heterocycles. The van der Waals surface area contributed by atoms with Crippen molar-refractivity contribution < 1.29 is 23.8 Å². The van der Waals surface area contributed by atoms with Gasteiger partial charge in [-0.2, -0.15) is 5.26 Å². The number of aromatic nitrogens is 1. The van der Waals surface area contributed by atoms with E-state index in [-0.39, 0.29) is 42.2 Å². The van der Waals surface area contributed by atoms with E-state index in [1.807, 2.05) is 6.07 Å². The molecule has 0 saturated carbocycles. The molecule has 0 fully saturated rings. The van der Waals surface area contributed by atoms with Crippen molar-refractivity contribution in [2.45, 2.75) is 6.54 Å². The van der Waals surface area contributed by atoms with E-state index in [2.05, 4.69) is 5.32 Å². The fraction of sp³-hybridized carbons (Fsp3) is 0.200. The van der Waals surface area contributed by atoms with Gasteiger partial charge in [0.15, 0.2) is 12.4 Å². The number of methoxy groups -OCH3 is 2. The Morgan fingerprint density at radius 1 is 1.11 bits per heavy atom. The lowest BCUT2D eigenvalue weighted by Gasteiger charge is -2.13. The minimum absolute atomic E-state index is 0.130. The molecule has 3 aromatic rings. The first-order chi connectivity index (χ1) is 16.9. The van der Waals surface area contributed by atoms with Crippen LogP contribution < -0.4 is 20.3 Å². The van der Waals surface area contributed by atoms with Gasteiger partial charge in [0.25, 0.3) is 11.5 Å². The zero-order valence-corrected chi connectivity index (χ0v) is 19.8. The summed E-state index contributed by atoms with van der Waals surface area (Å²) in [6, 6.07) is 14.2. The van der Waals surface area contributed by atoms with Crippen LogP contribution in [0.1, 0.15) is 21.5 Å². The number of nitriles is 1. The van der Waals surface area contributed by atoms with E-state index in [4.69, 9.17) is 25.8 Å². The Bertz CT molecular complexity index is 1350. The summed E-state index contributed by atoms with van der Waals surface area (Å²) in [6.07, 6.45) is 1.38. The van der Waals surface area contributed by atoms with Gasteiger partial charge < -0.3 is 24.1 Å². The number of benzene rings is 2. The molecule has 2 aromatic carbocycles. The molecule has 10 heteroatoms. The van der Waals surface area contributed by atoms with Crippen molar-refractivity contribution in [3.8, 4) is 17.6 Å². The summed E-state index contributed by atoms with van der Waals surface area (Å²) in [5, 5.41) is 12.3. The number of amides is 1. The number of anilines is 1. The van der Waals surface area contributed by atoms with Gasteiger partial charge in [-0.05, 0) is 36.4 Å². The van der Waals surface area contributed by atoms with Gasteiger partial charge in [-0.15, -0.1) is 0 Å². The number of carbonyl (C=O) groups excluding carboxylic acids is 2. The fourth-order valence-corrected chi connectivity index (χ4v) is 3.47. The third-order valence-electron chi connectivity index (χ3n) is 4.93. The zero-order valence-electron chi connectivity index (χ0n) is 19.0. The van der Waals surface area contributed by atoms with Crippen molar-refractivity contribution in [1.82, 2.24) is 4.57 Å². The summed E-state index contributed by atoms with van der Waals surface area (Å²) in [6.45, 7) is 0.0419. The minimum Gasteiger partial charge on any atom is -0.495 e. The van der Waals surface area contributed by atoms with Crippen molar-refractivity contribution in [3.05, 3.63) is 86.8 Å². The molecule has 0 saturated heterocycles. The lowest BCUT2D eigenvalue weighted by molar-refractivity contribution is -0.118. The fourth-order valence-electron chi connectivity index (χ4n) is 3.22. The van der Waals surface area contributed by atoms with Crippen molar-refractivity contribution in [2.75, 3.05) is 32.8 Å². The molecule has 9 nitrogen and oxygen atoms in total. The van der Waals surface area contributed by atoms with Crippen LogP contribution in [-0.2, 0) is 16.1 Å². The number of hydrogen-bond donors (Lipinski definition) is 1. The topological polar surface area (TPSA) is 120 Å². The Morgan fingerprint density at radius 3 is 2.57 bits per heavy atom. The highest BCUT2D eigenvalue weighted by Gasteiger charge is 2.18. The lowest BCUT2D eigenvalue weighted by atomic mass is 10.0. The normalized spacial score (nSPS) is 10.3. The molecule has 1 amide bonds. The van der Waals surface area contributed by atoms with E-state index < -0.39 is 17.2 Å². The highest BCUT2D eigenvalue weighted by Crippen LogP contribution is 2.27. The van der Waals surface area contributed by atoms with Gasteiger partial charge in [0.1, 0.15) is 23.1 Å². The second-order valence-electron chi connectivity index (χ2n) is 7.26. The zero-order chi connectivity index (χ0) is 25.4. The summed E-state index contributed by atoms with van der Waals surface area (Å²) < 4.78 is 17.0. The molecular weight excluding hydrogens is 474 g/mol. The van der Waals surface area contributed by atoms with Gasteiger partial charge in [-0.1, -0.05) is 23.7 Å². The maximum atomic E-state index is 13.2. The van der Waals surface area contributed by atoms with E-state index in [9.17, 15) is 19.6 Å². The molecule has 1 aromatic heterocycles. The first kappa shape index (κ1) is 25.5. The number of para-hydroxylation sites is 1. The standard InChI is InChI=1S/C25H22ClN3O6/c1-33-10-9-29-14-17(11-16(13-27)25(29)32)24(31)19-5-3-4-6-21(19)35-15-23(30)28-18-7-8-22(34-2)20(26)12-18/h3-8,11-12,14H,9-10,15H2,1-2H3,(H,28,30). The quantitative estimate of drug-likeness (QED) is 0.428. The molecular formula is C25H22ClN3O6. The van der Waals surface area contributed by atoms with Crippen LogP contribution in [0.15, 0.2) is 59.5 Å². The van der Waals surface area contributed by atoms with Crippen molar-refractivity contribution in [2.24, 2.45) is 0 Å². The summed E-state index contributed by atoms with van der Waals surface area (Å²) >= 11 is 6.08. The van der Waals surface area contributed by atoms with E-state index >= 15 is 0 Å². The molecule has 1 N–H and O–H groups in total. The Hall–Kier alpha value is -4.13. The second kappa shape index (κ2) is 11.8. The number of pyridine rings is 1. The SMILES string of the molecule is COCCn1cc(C(=O)c2ccccc2OCC(=O)Nc2ccc(OC)c(Cl)c2)cc(C#N)c1=O. The van der Waals surface area contributed by atoms with Crippen molar-refractivity contribution >= 4 is 29.0 Å². The molecule has 0 bridgehead atoms. The predicted molar refractivity (Wildman–Crippen MR) is 129 cm³/mol. The Kier molecular flexibility index (Phi) is 8.62. The molecule has 0 atom stereocenters. The molecule has 3 rings (SSSR count). The van der Waals surface area contributed by atoms with Gasteiger partial charge >= 0.3 is 0 Å². The molecule has 180 valence electrons. The van der Waals surface area contributed by atoms with E-state index in [0.717, 1.165) is 0 Å². The number of nitrogens with zero attached hydrogens (tertiary/aromatic N) is 2. The molecule has 0 aliphatic carbocycles. The minimum atomic E-state index is -0.513. The van der Waals surface area contributed by atoms with E-state index in [0.29, 0.717) is 16.5 Å². The second-order valence-corrected chi connectivity index (χ2v) is 7.66. The Labute approximate surface area is 206 Å². The van der Waals surface area contributed by atoms with Crippen LogP contribution in [-0.4, -0.2) is 43.7 Å². The van der Waals surface area contributed by atoms with Crippen LogP contribution in [0.5, 0.6) is 11.5 Å². The predicted octanol–water partition coefficient (Wildman–Crippen LogP) is 3.28. The molecule has 0 aliphatic rings. The highest BCUT2D eigenvalue weighted by molar-refractivity contribution is 6.32. The van der Waals surface area contributed by atoms with Crippen LogP contribution in [0, 0.1) is 11.3 Å². The highest BCUT2D eigenvalue weighted by atomic mass is 35.5. The Balaban J connectivity index is 1.78. The number of nitrogens with one attached hydrogen (secondary N) is 1. The summed E-state index contributed by atoms with van der Waals surface area (Å²) in [7, 11) is 2.97. The van der Waals surface area contributed by atoms with E-state index in [1.165, 1.54) is 37.1 Å². The molecule has 1 heterocycles. The first-order valence-corrected chi connectivity index (χ1v) is 10.8. The van der Waals surface area contributed by atoms with Crippen LogP contribution >= 0.6 is 11.6 Å². The monoisotopic (exact) mass is 495 g/mol. The van der Waals surface area contributed by atoms with Crippen LogP contribution in [0.3, 0.4) is 0 Å². The van der Waals surface area contributed by atoms with Crippen molar-refractivity contribution in [3.63, 3.8) is 0 Å². The third-order valence-corrected chi connectivity index (χ3v) is 5.23. The number of carbonyl (C=O) groups is 2. The maximum absolute atomic E-state index is 13.2. The van der Waals surface area contributed by atoms with Crippen LogP contribution in [0.4, 0.5) is 5.69 Å². The number of ether oxygens (including phenoxy) is 3. The largest absolute Gasteiger partial charge is 0.495 e. The average Bonchev–Trinajstić information content (AvgIpc) is 2.86. The number of hydrogen-bond acceptors (Lipinski definition) is 7. The smallest absolute Gasteiger partial charge is 0.268 e. The summed E-state index contributed by atoms with van der Waals surface area (Å²) in [5.74, 6) is -0.283. The number of halogens is 1. The molecule has 0 unspecified atom stereocenters. The maximum Gasteiger partial charge on any atom is 0.268 e. The molecule has 0 spiro atoms. The lowest BCUT2D eigenvalue weighted by Crippen LogP contribution is -2.26. The van der Waals surface area contributed by atoms with Gasteiger partial charge in [0.05, 0.1) is 24.3 Å². The van der Waals surface area contributed by atoms with E-state index in [1.54, 1.807) is 36.4 Å². The van der Waals surface area contributed by atoms with Gasteiger partial charge in [0.2, 0.25) is 0 Å². The Morgan fingerprint density at radius 2 is 1.89 bits per heavy atom. The number of rotatable bonds is 10. The summed E-state index contributed by atoms with van der Waals surface area (Å²) in [4.78, 5) is 38.0. The summed E-state index contributed by atoms with van der Waals surface area (Å²) in [5.41, 5.74) is 0.0826.